The highest BCUT2D eigenvalue weighted by Crippen LogP contribution is 2.45. The molecule has 0 aromatic carbocycles. The molecule has 78 valence electrons. The lowest BCUT2D eigenvalue weighted by Gasteiger charge is -2.38. The lowest BCUT2D eigenvalue weighted by Crippen LogP contribution is -2.44. The van der Waals surface area contributed by atoms with E-state index in [1.807, 2.05) is 6.92 Å². The molecule has 0 aliphatic heterocycles. The molecule has 0 unspecified atom stereocenters. The molecule has 1 amide bonds. The molecule has 0 atom stereocenters. The van der Waals surface area contributed by atoms with Crippen LogP contribution < -0.4 is 5.32 Å². The molecule has 1 fully saturated rings. The van der Waals surface area contributed by atoms with Crippen LogP contribution in [0.3, 0.4) is 0 Å². The Morgan fingerprint density at radius 2 is 2.53 bits per heavy atom. The molecule has 2 rings (SSSR count). The third kappa shape index (κ3) is 1.59. The maximum atomic E-state index is 11.8. The molecule has 1 aromatic heterocycles. The summed E-state index contributed by atoms with van der Waals surface area (Å²) in [7, 11) is 0. The van der Waals surface area contributed by atoms with Crippen LogP contribution >= 0.6 is 0 Å². The Hall–Kier alpha value is -1.83. The van der Waals surface area contributed by atoms with E-state index in [-0.39, 0.29) is 5.91 Å². The SMILES string of the molecule is CC1CC(C#N)(C(=O)Nc2cn[nH]c2)C1. The number of nitriles is 1. The van der Waals surface area contributed by atoms with Crippen molar-refractivity contribution >= 4 is 11.6 Å². The van der Waals surface area contributed by atoms with Gasteiger partial charge in [0, 0.05) is 6.20 Å². The Kier molecular flexibility index (Phi) is 2.19. The first-order valence-corrected chi connectivity index (χ1v) is 4.88. The lowest BCUT2D eigenvalue weighted by molar-refractivity contribution is -0.128. The van der Waals surface area contributed by atoms with Crippen molar-refractivity contribution in [3.63, 3.8) is 0 Å². The molecule has 1 aliphatic carbocycles. The zero-order valence-corrected chi connectivity index (χ0v) is 8.45. The molecule has 2 N–H and O–H groups in total. The number of anilines is 1. The summed E-state index contributed by atoms with van der Waals surface area (Å²) in [6.45, 7) is 2.04. The molecule has 5 nitrogen and oxygen atoms in total. The van der Waals surface area contributed by atoms with Gasteiger partial charge in [-0.05, 0) is 18.8 Å². The van der Waals surface area contributed by atoms with Crippen molar-refractivity contribution in [2.75, 3.05) is 5.32 Å². The zero-order valence-electron chi connectivity index (χ0n) is 8.45. The van der Waals surface area contributed by atoms with E-state index in [9.17, 15) is 4.79 Å². The van der Waals surface area contributed by atoms with E-state index in [1.54, 1.807) is 6.20 Å². The van der Waals surface area contributed by atoms with Gasteiger partial charge >= 0.3 is 0 Å². The molecule has 1 heterocycles. The zero-order chi connectivity index (χ0) is 10.9. The number of hydrogen-bond donors (Lipinski definition) is 2. The molecule has 0 spiro atoms. The van der Waals surface area contributed by atoms with Crippen LogP contribution in [0.1, 0.15) is 19.8 Å². The number of rotatable bonds is 2. The normalized spacial score (nSPS) is 28.9. The Balaban J connectivity index is 2.05. The lowest BCUT2D eigenvalue weighted by atomic mass is 9.63. The number of hydrogen-bond acceptors (Lipinski definition) is 3. The fraction of sp³-hybridized carbons (Fsp3) is 0.500. The summed E-state index contributed by atoms with van der Waals surface area (Å²) < 4.78 is 0. The number of aromatic amines is 1. The van der Waals surface area contributed by atoms with Gasteiger partial charge in [0.2, 0.25) is 5.91 Å². The molecule has 5 heteroatoms. The van der Waals surface area contributed by atoms with Crippen LogP contribution in [0.15, 0.2) is 12.4 Å². The number of amides is 1. The number of H-pyrrole nitrogens is 1. The van der Waals surface area contributed by atoms with Crippen molar-refractivity contribution in [2.24, 2.45) is 11.3 Å². The summed E-state index contributed by atoms with van der Waals surface area (Å²) in [5.74, 6) is 0.240. The van der Waals surface area contributed by atoms with Crippen LogP contribution in [-0.4, -0.2) is 16.1 Å². The Morgan fingerprint density at radius 1 is 1.80 bits per heavy atom. The van der Waals surface area contributed by atoms with Crippen molar-refractivity contribution in [2.45, 2.75) is 19.8 Å². The second kappa shape index (κ2) is 3.39. The Labute approximate surface area is 87.5 Å². The van der Waals surface area contributed by atoms with Gasteiger partial charge in [0.15, 0.2) is 0 Å². The Bertz CT molecular complexity index is 398. The van der Waals surface area contributed by atoms with Gasteiger partial charge in [0.05, 0.1) is 18.0 Å². The number of aromatic nitrogens is 2. The van der Waals surface area contributed by atoms with E-state index in [0.29, 0.717) is 24.4 Å². The first-order chi connectivity index (χ1) is 7.16. The summed E-state index contributed by atoms with van der Waals surface area (Å²) in [6.07, 6.45) is 4.40. The van der Waals surface area contributed by atoms with Gasteiger partial charge in [-0.2, -0.15) is 10.4 Å². The van der Waals surface area contributed by atoms with Gasteiger partial charge in [0.25, 0.3) is 0 Å². The van der Waals surface area contributed by atoms with Gasteiger partial charge < -0.3 is 5.32 Å². The van der Waals surface area contributed by atoms with Crippen molar-refractivity contribution in [3.8, 4) is 6.07 Å². The van der Waals surface area contributed by atoms with Crippen molar-refractivity contribution in [1.82, 2.24) is 10.2 Å². The van der Waals surface area contributed by atoms with Crippen molar-refractivity contribution < 1.29 is 4.79 Å². The molecule has 1 saturated carbocycles. The highest BCUT2D eigenvalue weighted by molar-refractivity contribution is 5.97. The van der Waals surface area contributed by atoms with Gasteiger partial charge in [-0.1, -0.05) is 6.92 Å². The molecule has 0 bridgehead atoms. The number of carbonyl (C=O) groups excluding carboxylic acids is 1. The molecular formula is C10H12N4O. The average molecular weight is 204 g/mol. The monoisotopic (exact) mass is 204 g/mol. The molecule has 1 aromatic rings. The predicted octanol–water partition coefficient (Wildman–Crippen LogP) is 1.29. The number of nitrogens with one attached hydrogen (secondary N) is 2. The minimum absolute atomic E-state index is 0.218. The fourth-order valence-corrected chi connectivity index (χ4v) is 2.03. The standard InChI is InChI=1S/C10H12N4O/c1-7-2-10(3-7,6-11)9(15)14-8-4-12-13-5-8/h4-5,7H,2-3H2,1H3,(H,12,13)(H,14,15). The molecule has 15 heavy (non-hydrogen) atoms. The smallest absolute Gasteiger partial charge is 0.244 e. The van der Waals surface area contributed by atoms with Crippen LogP contribution in [0.4, 0.5) is 5.69 Å². The van der Waals surface area contributed by atoms with Gasteiger partial charge in [0.1, 0.15) is 5.41 Å². The summed E-state index contributed by atoms with van der Waals surface area (Å²) in [5, 5.41) is 18.0. The molecule has 0 saturated heterocycles. The van der Waals surface area contributed by atoms with E-state index in [2.05, 4.69) is 21.6 Å². The second-order valence-corrected chi connectivity index (χ2v) is 4.15. The quantitative estimate of drug-likeness (QED) is 0.761. The molecular weight excluding hydrogens is 192 g/mol. The maximum Gasteiger partial charge on any atom is 0.244 e. The van der Waals surface area contributed by atoms with Crippen LogP contribution in [-0.2, 0) is 4.79 Å². The van der Waals surface area contributed by atoms with E-state index in [4.69, 9.17) is 5.26 Å². The second-order valence-electron chi connectivity index (χ2n) is 4.15. The third-order valence-electron chi connectivity index (χ3n) is 2.80. The predicted molar refractivity (Wildman–Crippen MR) is 53.7 cm³/mol. The van der Waals surface area contributed by atoms with Crippen molar-refractivity contribution in [1.29, 1.82) is 5.26 Å². The molecule has 0 radical (unpaired) electrons. The summed E-state index contributed by atoms with van der Waals surface area (Å²) in [6, 6.07) is 2.11. The minimum atomic E-state index is -0.823. The van der Waals surface area contributed by atoms with Gasteiger partial charge in [-0.25, -0.2) is 0 Å². The van der Waals surface area contributed by atoms with Crippen LogP contribution in [0, 0.1) is 22.7 Å². The van der Waals surface area contributed by atoms with Gasteiger partial charge in [-0.15, -0.1) is 0 Å². The van der Waals surface area contributed by atoms with Crippen LogP contribution in [0.25, 0.3) is 0 Å². The topological polar surface area (TPSA) is 81.6 Å². The summed E-state index contributed by atoms with van der Waals surface area (Å²) in [5.41, 5.74) is -0.217. The van der Waals surface area contributed by atoms with Gasteiger partial charge in [-0.3, -0.25) is 9.89 Å². The third-order valence-corrected chi connectivity index (χ3v) is 2.80. The summed E-state index contributed by atoms with van der Waals surface area (Å²) in [4.78, 5) is 11.8. The highest BCUT2D eigenvalue weighted by atomic mass is 16.2. The van der Waals surface area contributed by atoms with Crippen LogP contribution in [0.5, 0.6) is 0 Å². The maximum absolute atomic E-state index is 11.8. The largest absolute Gasteiger partial charge is 0.322 e. The van der Waals surface area contributed by atoms with E-state index in [0.717, 1.165) is 0 Å². The minimum Gasteiger partial charge on any atom is -0.322 e. The van der Waals surface area contributed by atoms with E-state index >= 15 is 0 Å². The highest BCUT2D eigenvalue weighted by Gasteiger charge is 2.48. The number of nitrogens with zero attached hydrogens (tertiary/aromatic N) is 2. The first-order valence-electron chi connectivity index (χ1n) is 4.88. The summed E-state index contributed by atoms with van der Waals surface area (Å²) >= 11 is 0. The van der Waals surface area contributed by atoms with E-state index < -0.39 is 5.41 Å². The number of carbonyl (C=O) groups is 1. The molecule has 1 aliphatic rings. The Morgan fingerprint density at radius 3 is 3.00 bits per heavy atom. The average Bonchev–Trinajstić information content (AvgIpc) is 2.64. The van der Waals surface area contributed by atoms with Crippen molar-refractivity contribution in [3.05, 3.63) is 12.4 Å². The fourth-order valence-electron chi connectivity index (χ4n) is 2.03. The first kappa shape index (κ1) is 9.71. The van der Waals surface area contributed by atoms with E-state index in [1.165, 1.54) is 6.20 Å². The van der Waals surface area contributed by atoms with Crippen LogP contribution in [0.2, 0.25) is 0 Å².